The van der Waals surface area contributed by atoms with E-state index in [-0.39, 0.29) is 11.5 Å². The van der Waals surface area contributed by atoms with Gasteiger partial charge in [0.05, 0.1) is 20.3 Å². The zero-order chi connectivity index (χ0) is 14.0. The summed E-state index contributed by atoms with van der Waals surface area (Å²) in [7, 11) is 3.21. The van der Waals surface area contributed by atoms with Crippen molar-refractivity contribution in [3.05, 3.63) is 23.8 Å². The fourth-order valence-corrected chi connectivity index (χ4v) is 2.22. The number of rotatable bonds is 3. The Morgan fingerprint density at radius 2 is 1.79 bits per heavy atom. The Morgan fingerprint density at radius 1 is 1.21 bits per heavy atom. The van der Waals surface area contributed by atoms with Crippen LogP contribution in [0.1, 0.15) is 25.5 Å². The lowest BCUT2D eigenvalue weighted by molar-refractivity contribution is 0.0386. The molecular weight excluding hydrogens is 246 g/mol. The average Bonchev–Trinajstić information content (AvgIpc) is 2.40. The minimum atomic E-state index is -0.397. The van der Waals surface area contributed by atoms with Crippen LogP contribution in [0.5, 0.6) is 11.5 Å². The summed E-state index contributed by atoms with van der Waals surface area (Å²) in [4.78, 5) is 11.4. The topological polar surface area (TPSA) is 56.8 Å². The summed E-state index contributed by atoms with van der Waals surface area (Å²) in [5, 5.41) is 2.85. The van der Waals surface area contributed by atoms with E-state index in [4.69, 9.17) is 14.2 Å². The number of nitrogens with one attached hydrogen (secondary N) is 1. The van der Waals surface area contributed by atoms with E-state index in [1.54, 1.807) is 20.3 Å². The van der Waals surface area contributed by atoms with Crippen molar-refractivity contribution in [2.45, 2.75) is 19.9 Å². The molecular formula is C14H19NO4. The van der Waals surface area contributed by atoms with Crippen LogP contribution in [0.4, 0.5) is 4.79 Å². The molecule has 0 aliphatic carbocycles. The molecule has 1 atom stereocenters. The molecule has 1 aromatic carbocycles. The van der Waals surface area contributed by atoms with Gasteiger partial charge in [0.25, 0.3) is 0 Å². The lowest BCUT2D eigenvalue weighted by Crippen LogP contribution is -2.46. The number of carbonyl (C=O) groups is 1. The average molecular weight is 265 g/mol. The maximum Gasteiger partial charge on any atom is 0.407 e. The number of carbonyl (C=O) groups excluding carboxylic acids is 1. The number of methoxy groups -OCH3 is 2. The second-order valence-electron chi connectivity index (χ2n) is 5.29. The van der Waals surface area contributed by atoms with Gasteiger partial charge in [-0.25, -0.2) is 4.79 Å². The summed E-state index contributed by atoms with van der Waals surface area (Å²) >= 11 is 0. The first kappa shape index (κ1) is 13.5. The molecule has 19 heavy (non-hydrogen) atoms. The number of ether oxygens (including phenoxy) is 3. The third kappa shape index (κ3) is 2.75. The molecule has 104 valence electrons. The zero-order valence-electron chi connectivity index (χ0n) is 11.6. The molecule has 1 saturated heterocycles. The van der Waals surface area contributed by atoms with E-state index in [0.29, 0.717) is 18.1 Å². The van der Waals surface area contributed by atoms with Gasteiger partial charge in [-0.1, -0.05) is 13.8 Å². The molecule has 0 saturated carbocycles. The molecule has 1 aromatic rings. The number of hydrogen-bond acceptors (Lipinski definition) is 4. The van der Waals surface area contributed by atoms with Gasteiger partial charge in [-0.3, -0.25) is 0 Å². The third-order valence-electron chi connectivity index (χ3n) is 3.33. The van der Waals surface area contributed by atoms with Gasteiger partial charge >= 0.3 is 6.09 Å². The van der Waals surface area contributed by atoms with E-state index < -0.39 is 6.09 Å². The summed E-state index contributed by atoms with van der Waals surface area (Å²) in [6.45, 7) is 4.47. The molecule has 1 amide bonds. The Kier molecular flexibility index (Phi) is 3.55. The molecule has 1 heterocycles. The maximum atomic E-state index is 11.4. The van der Waals surface area contributed by atoms with Crippen LogP contribution in [-0.4, -0.2) is 26.9 Å². The number of alkyl carbamates (subject to hydrolysis) is 1. The quantitative estimate of drug-likeness (QED) is 0.912. The van der Waals surface area contributed by atoms with Crippen molar-refractivity contribution in [3.8, 4) is 11.5 Å². The number of benzene rings is 1. The number of cyclic esters (lactones) is 1. The van der Waals surface area contributed by atoms with Gasteiger partial charge in [-0.2, -0.15) is 0 Å². The van der Waals surface area contributed by atoms with Gasteiger partial charge in [0.1, 0.15) is 18.1 Å². The highest BCUT2D eigenvalue weighted by Crippen LogP contribution is 2.39. The molecule has 5 heteroatoms. The zero-order valence-corrected chi connectivity index (χ0v) is 11.6. The lowest BCUT2D eigenvalue weighted by atomic mass is 9.80. The van der Waals surface area contributed by atoms with Gasteiger partial charge in [0.15, 0.2) is 0 Å². The molecule has 2 rings (SSSR count). The van der Waals surface area contributed by atoms with Gasteiger partial charge in [-0.05, 0) is 17.7 Å². The van der Waals surface area contributed by atoms with Crippen molar-refractivity contribution in [2.24, 2.45) is 5.41 Å². The number of hydrogen-bond donors (Lipinski definition) is 1. The van der Waals surface area contributed by atoms with Crippen LogP contribution in [-0.2, 0) is 4.74 Å². The van der Waals surface area contributed by atoms with Crippen molar-refractivity contribution in [1.82, 2.24) is 5.32 Å². The summed E-state index contributed by atoms with van der Waals surface area (Å²) < 4.78 is 15.6. The fourth-order valence-electron chi connectivity index (χ4n) is 2.22. The molecule has 0 radical (unpaired) electrons. The monoisotopic (exact) mass is 265 g/mol. The van der Waals surface area contributed by atoms with Crippen molar-refractivity contribution >= 4 is 6.09 Å². The van der Waals surface area contributed by atoms with Crippen molar-refractivity contribution in [1.29, 1.82) is 0 Å². The smallest absolute Gasteiger partial charge is 0.407 e. The Hall–Kier alpha value is -1.91. The van der Waals surface area contributed by atoms with E-state index >= 15 is 0 Å². The minimum Gasteiger partial charge on any atom is -0.497 e. The molecule has 1 aliphatic rings. The lowest BCUT2D eigenvalue weighted by Gasteiger charge is -2.38. The Labute approximate surface area is 112 Å². The summed E-state index contributed by atoms with van der Waals surface area (Å²) in [6.07, 6.45) is -0.397. The molecule has 1 N–H and O–H groups in total. The Morgan fingerprint density at radius 3 is 2.32 bits per heavy atom. The molecule has 1 fully saturated rings. The second-order valence-corrected chi connectivity index (χ2v) is 5.29. The highest BCUT2D eigenvalue weighted by molar-refractivity contribution is 5.69. The van der Waals surface area contributed by atoms with Crippen LogP contribution in [0.15, 0.2) is 18.2 Å². The maximum absolute atomic E-state index is 11.4. The van der Waals surface area contributed by atoms with E-state index in [9.17, 15) is 4.79 Å². The van der Waals surface area contributed by atoms with Gasteiger partial charge in [-0.15, -0.1) is 0 Å². The van der Waals surface area contributed by atoms with Gasteiger partial charge < -0.3 is 19.5 Å². The first-order valence-electron chi connectivity index (χ1n) is 6.12. The predicted molar refractivity (Wildman–Crippen MR) is 70.6 cm³/mol. The first-order chi connectivity index (χ1) is 8.96. The molecule has 1 aliphatic heterocycles. The summed E-state index contributed by atoms with van der Waals surface area (Å²) in [6, 6.07) is 5.47. The SMILES string of the molecule is COc1cc(OC)cc([C@H]2NC(=O)OCC2(C)C)c1. The largest absolute Gasteiger partial charge is 0.497 e. The summed E-state index contributed by atoms with van der Waals surface area (Å²) in [5.74, 6) is 1.40. The predicted octanol–water partition coefficient (Wildman–Crippen LogP) is 2.51. The van der Waals surface area contributed by atoms with Crippen LogP contribution in [0.3, 0.4) is 0 Å². The van der Waals surface area contributed by atoms with E-state index in [0.717, 1.165) is 5.56 Å². The summed E-state index contributed by atoms with van der Waals surface area (Å²) in [5.41, 5.74) is 0.739. The Balaban J connectivity index is 2.40. The van der Waals surface area contributed by atoms with Crippen LogP contribution in [0, 0.1) is 5.41 Å². The highest BCUT2D eigenvalue weighted by Gasteiger charge is 2.38. The van der Waals surface area contributed by atoms with Crippen LogP contribution < -0.4 is 14.8 Å². The molecule has 0 aromatic heterocycles. The van der Waals surface area contributed by atoms with Crippen molar-refractivity contribution < 1.29 is 19.0 Å². The first-order valence-corrected chi connectivity index (χ1v) is 6.12. The van der Waals surface area contributed by atoms with Crippen LogP contribution >= 0.6 is 0 Å². The minimum absolute atomic E-state index is 0.141. The van der Waals surface area contributed by atoms with E-state index in [1.807, 2.05) is 26.0 Å². The van der Waals surface area contributed by atoms with Crippen molar-refractivity contribution in [2.75, 3.05) is 20.8 Å². The normalized spacial score (nSPS) is 21.3. The highest BCUT2D eigenvalue weighted by atomic mass is 16.6. The second kappa shape index (κ2) is 4.99. The van der Waals surface area contributed by atoms with Crippen molar-refractivity contribution in [3.63, 3.8) is 0 Å². The van der Waals surface area contributed by atoms with Crippen LogP contribution in [0.25, 0.3) is 0 Å². The number of amides is 1. The van der Waals surface area contributed by atoms with Gasteiger partial charge in [0, 0.05) is 11.5 Å². The Bertz CT molecular complexity index is 462. The standard InChI is InChI=1S/C14H19NO4/c1-14(2)8-19-13(16)15-12(14)9-5-10(17-3)7-11(6-9)18-4/h5-7,12H,8H2,1-4H3,(H,15,16)/t12-/m1/s1. The van der Waals surface area contributed by atoms with E-state index in [2.05, 4.69) is 5.32 Å². The van der Waals surface area contributed by atoms with E-state index in [1.165, 1.54) is 0 Å². The molecule has 0 spiro atoms. The van der Waals surface area contributed by atoms with Crippen LogP contribution in [0.2, 0.25) is 0 Å². The molecule has 0 bridgehead atoms. The molecule has 0 unspecified atom stereocenters. The van der Waals surface area contributed by atoms with Gasteiger partial charge in [0.2, 0.25) is 0 Å². The fraction of sp³-hybridized carbons (Fsp3) is 0.500. The third-order valence-corrected chi connectivity index (χ3v) is 3.33. The molecule has 5 nitrogen and oxygen atoms in total.